The van der Waals surface area contributed by atoms with Crippen LogP contribution in [0.4, 0.5) is 0 Å². The van der Waals surface area contributed by atoms with Crippen LogP contribution in [0, 0.1) is 5.92 Å². The largest absolute Gasteiger partial charge is 0.506 e. The maximum absolute atomic E-state index is 10.5. The van der Waals surface area contributed by atoms with Gasteiger partial charge < -0.3 is 33.9 Å². The van der Waals surface area contributed by atoms with Crippen molar-refractivity contribution < 1.29 is 33.9 Å². The Labute approximate surface area is 241 Å². The van der Waals surface area contributed by atoms with Crippen molar-refractivity contribution in [3.63, 3.8) is 0 Å². The van der Waals surface area contributed by atoms with Crippen LogP contribution >= 0.6 is 11.8 Å². The third-order valence-electron chi connectivity index (χ3n) is 8.19. The van der Waals surface area contributed by atoms with Gasteiger partial charge in [-0.05, 0) is 45.3 Å². The van der Waals surface area contributed by atoms with E-state index in [0.717, 1.165) is 18.6 Å². The quantitative estimate of drug-likeness (QED) is 0.159. The molecule has 3 rings (SSSR count). The molecular formula is C31H56O7S. The Morgan fingerprint density at radius 3 is 2.13 bits per heavy atom. The number of ether oxygens (including phenoxy) is 5. The monoisotopic (exact) mass is 572 g/mol. The van der Waals surface area contributed by atoms with Crippen molar-refractivity contribution >= 4 is 11.8 Å². The lowest BCUT2D eigenvalue weighted by molar-refractivity contribution is -0.259. The van der Waals surface area contributed by atoms with E-state index in [-0.39, 0.29) is 23.7 Å². The summed E-state index contributed by atoms with van der Waals surface area (Å²) in [6.45, 7) is 10.6. The minimum absolute atomic E-state index is 0.0594. The van der Waals surface area contributed by atoms with E-state index >= 15 is 0 Å². The summed E-state index contributed by atoms with van der Waals surface area (Å²) in [6, 6.07) is 0. The van der Waals surface area contributed by atoms with Crippen LogP contribution in [0.5, 0.6) is 0 Å². The summed E-state index contributed by atoms with van der Waals surface area (Å²) in [5, 5.41) is 21.0. The van der Waals surface area contributed by atoms with E-state index < -0.39 is 29.7 Å². The van der Waals surface area contributed by atoms with Gasteiger partial charge in [-0.3, -0.25) is 0 Å². The number of hydrogen-bond donors (Lipinski definition) is 2. The van der Waals surface area contributed by atoms with Crippen molar-refractivity contribution in [3.05, 3.63) is 11.5 Å². The molecule has 7 nitrogen and oxygen atoms in total. The zero-order valence-electron chi connectivity index (χ0n) is 25.2. The van der Waals surface area contributed by atoms with Gasteiger partial charge in [-0.15, -0.1) is 11.8 Å². The van der Waals surface area contributed by atoms with Crippen molar-refractivity contribution in [2.24, 2.45) is 5.92 Å². The van der Waals surface area contributed by atoms with Crippen LogP contribution in [0.15, 0.2) is 11.5 Å². The first-order valence-electron chi connectivity index (χ1n) is 15.7. The van der Waals surface area contributed by atoms with Gasteiger partial charge in [0.1, 0.15) is 12.2 Å². The molecule has 0 radical (unpaired) electrons. The zero-order chi connectivity index (χ0) is 28.3. The predicted octanol–water partition coefficient (Wildman–Crippen LogP) is 8.17. The van der Waals surface area contributed by atoms with Crippen molar-refractivity contribution in [1.82, 2.24) is 0 Å². The van der Waals surface area contributed by atoms with Gasteiger partial charge in [0.05, 0.1) is 18.8 Å². The predicted molar refractivity (Wildman–Crippen MR) is 157 cm³/mol. The van der Waals surface area contributed by atoms with E-state index in [1.54, 1.807) is 6.92 Å². The van der Waals surface area contributed by atoms with Crippen LogP contribution in [-0.2, 0) is 23.7 Å². The van der Waals surface area contributed by atoms with Gasteiger partial charge in [0.25, 0.3) is 0 Å². The van der Waals surface area contributed by atoms with E-state index in [0.29, 0.717) is 12.5 Å². The normalized spacial score (nSPS) is 31.4. The molecule has 0 aromatic heterocycles. The fraction of sp³-hybridized carbons (Fsp3) is 0.935. The third-order valence-corrected chi connectivity index (χ3v) is 9.30. The van der Waals surface area contributed by atoms with Crippen LogP contribution in [0.25, 0.3) is 0 Å². The lowest BCUT2D eigenvalue weighted by atomic mass is 9.94. The number of thioether (sulfide) groups is 1. The molecule has 2 fully saturated rings. The molecule has 0 aromatic rings. The van der Waals surface area contributed by atoms with Gasteiger partial charge in [-0.25, -0.2) is 0 Å². The Bertz CT molecular complexity index is 730. The summed E-state index contributed by atoms with van der Waals surface area (Å²) < 4.78 is 29.8. The Balaban J connectivity index is 1.32. The lowest BCUT2D eigenvalue weighted by Gasteiger charge is -2.39. The van der Waals surface area contributed by atoms with Crippen molar-refractivity contribution in [1.29, 1.82) is 0 Å². The first-order chi connectivity index (χ1) is 18.7. The molecule has 0 bridgehead atoms. The first kappa shape index (κ1) is 33.0. The molecule has 0 aliphatic carbocycles. The second kappa shape index (κ2) is 16.8. The van der Waals surface area contributed by atoms with E-state index in [1.165, 1.54) is 88.8 Å². The van der Waals surface area contributed by atoms with Gasteiger partial charge in [0.15, 0.2) is 29.0 Å². The highest BCUT2D eigenvalue weighted by Gasteiger charge is 2.45. The number of aliphatic hydroxyl groups is 2. The highest BCUT2D eigenvalue weighted by atomic mass is 32.2. The van der Waals surface area contributed by atoms with Gasteiger partial charge in [0, 0.05) is 0 Å². The van der Waals surface area contributed by atoms with Gasteiger partial charge in [-0.2, -0.15) is 0 Å². The molecule has 7 atom stereocenters. The summed E-state index contributed by atoms with van der Waals surface area (Å²) >= 11 is 1.49. The molecule has 39 heavy (non-hydrogen) atoms. The SMILES string of the molecule is CCCCCCCCCCCCCCC1OC(C)(C)O[C@H]1[C@@H](C)CCS[C@@H]1OC2COC(C)O[C@@H]2C(O)=C1O. The Morgan fingerprint density at radius 1 is 0.872 bits per heavy atom. The van der Waals surface area contributed by atoms with E-state index in [4.69, 9.17) is 23.7 Å². The first-order valence-corrected chi connectivity index (χ1v) is 16.8. The molecule has 3 aliphatic rings. The molecule has 0 aromatic carbocycles. The molecule has 8 heteroatoms. The topological polar surface area (TPSA) is 86.6 Å². The Morgan fingerprint density at radius 2 is 1.49 bits per heavy atom. The molecule has 2 N–H and O–H groups in total. The smallest absolute Gasteiger partial charge is 0.172 e. The van der Waals surface area contributed by atoms with Crippen molar-refractivity contribution in [3.8, 4) is 0 Å². The molecule has 3 unspecified atom stereocenters. The molecule has 0 amide bonds. The minimum Gasteiger partial charge on any atom is -0.506 e. The maximum atomic E-state index is 10.5. The standard InChI is InChI=1S/C31H56O7S/c1-6-7-8-9-10-11-12-13-14-15-16-17-18-24-28(38-31(4,5)37-24)22(2)19-20-39-30-27(33)26(32)29-25(36-30)21-34-23(3)35-29/h22-25,28-30,32-33H,6-21H2,1-5H3/t22-,23?,24?,25?,28-,29-,30-/m0/s1. The average Bonchev–Trinajstić information content (AvgIpc) is 3.22. The average molecular weight is 573 g/mol. The summed E-state index contributed by atoms with van der Waals surface area (Å²) in [6.07, 6.45) is 16.8. The van der Waals surface area contributed by atoms with E-state index in [1.807, 2.05) is 13.8 Å². The van der Waals surface area contributed by atoms with E-state index in [9.17, 15) is 10.2 Å². The van der Waals surface area contributed by atoms with Crippen molar-refractivity contribution in [2.45, 2.75) is 166 Å². The molecule has 3 aliphatic heterocycles. The van der Waals surface area contributed by atoms with Crippen LogP contribution in [-0.4, -0.2) is 64.5 Å². The van der Waals surface area contributed by atoms with Crippen LogP contribution in [0.2, 0.25) is 0 Å². The molecule has 3 heterocycles. The molecule has 2 saturated heterocycles. The number of rotatable bonds is 18. The molecule has 228 valence electrons. The number of fused-ring (bicyclic) bond motifs is 1. The Hall–Kier alpha value is -0.510. The minimum atomic E-state index is -0.670. The van der Waals surface area contributed by atoms with Crippen molar-refractivity contribution in [2.75, 3.05) is 12.4 Å². The lowest BCUT2D eigenvalue weighted by Crippen LogP contribution is -2.50. The fourth-order valence-electron chi connectivity index (χ4n) is 5.89. The summed E-state index contributed by atoms with van der Waals surface area (Å²) in [5.41, 5.74) is -0.618. The second-order valence-corrected chi connectivity index (χ2v) is 13.4. The highest BCUT2D eigenvalue weighted by Crippen LogP contribution is 2.38. The van der Waals surface area contributed by atoms with Crippen LogP contribution in [0.1, 0.15) is 125 Å². The Kier molecular flexibility index (Phi) is 14.2. The summed E-state index contributed by atoms with van der Waals surface area (Å²) in [5.74, 6) is 0.239. The summed E-state index contributed by atoms with van der Waals surface area (Å²) in [4.78, 5) is 0. The molecule has 0 saturated carbocycles. The van der Waals surface area contributed by atoms with Gasteiger partial charge in [-0.1, -0.05) is 90.9 Å². The van der Waals surface area contributed by atoms with Crippen LogP contribution in [0.3, 0.4) is 0 Å². The van der Waals surface area contributed by atoms with Gasteiger partial charge >= 0.3 is 0 Å². The summed E-state index contributed by atoms with van der Waals surface area (Å²) in [7, 11) is 0. The molecular weight excluding hydrogens is 516 g/mol. The van der Waals surface area contributed by atoms with E-state index in [2.05, 4.69) is 13.8 Å². The number of aliphatic hydroxyl groups excluding tert-OH is 2. The maximum Gasteiger partial charge on any atom is 0.172 e. The number of hydrogen-bond acceptors (Lipinski definition) is 8. The number of unbranched alkanes of at least 4 members (excludes halogenated alkanes) is 11. The zero-order valence-corrected chi connectivity index (χ0v) is 26.0. The van der Waals surface area contributed by atoms with Gasteiger partial charge in [0.2, 0.25) is 0 Å². The fourth-order valence-corrected chi connectivity index (χ4v) is 7.11. The van der Waals surface area contributed by atoms with Crippen LogP contribution < -0.4 is 0 Å². The highest BCUT2D eigenvalue weighted by molar-refractivity contribution is 7.99. The third kappa shape index (κ3) is 10.7. The molecule has 0 spiro atoms. The second-order valence-electron chi connectivity index (χ2n) is 12.2.